The second-order valence-corrected chi connectivity index (χ2v) is 3.68. The quantitative estimate of drug-likeness (QED) is 0.696. The summed E-state index contributed by atoms with van der Waals surface area (Å²) in [6.07, 6.45) is 0. The van der Waals surface area contributed by atoms with Crippen LogP contribution in [0, 0.1) is 5.92 Å². The number of nitrogens with zero attached hydrogens (tertiary/aromatic N) is 1. The molecule has 0 saturated carbocycles. The Morgan fingerprint density at radius 2 is 1.92 bits per heavy atom. The van der Waals surface area contributed by atoms with Crippen LogP contribution in [0.25, 0.3) is 0 Å². The first-order valence-electron chi connectivity index (χ1n) is 4.67. The van der Waals surface area contributed by atoms with Crippen LogP contribution in [0.1, 0.15) is 13.8 Å². The molecule has 1 aliphatic heterocycles. The molecular weight excluding hydrogens is 170 g/mol. The van der Waals surface area contributed by atoms with Gasteiger partial charge in [0.2, 0.25) is 0 Å². The molecule has 0 amide bonds. The molecule has 1 heterocycles. The summed E-state index contributed by atoms with van der Waals surface area (Å²) < 4.78 is 5.17. The van der Waals surface area contributed by atoms with Gasteiger partial charge < -0.3 is 9.84 Å². The highest BCUT2D eigenvalue weighted by molar-refractivity contribution is 5.73. The largest absolute Gasteiger partial charge is 0.480 e. The van der Waals surface area contributed by atoms with Crippen molar-refractivity contribution in [1.29, 1.82) is 0 Å². The maximum Gasteiger partial charge on any atom is 0.321 e. The van der Waals surface area contributed by atoms with Crippen molar-refractivity contribution in [1.82, 2.24) is 4.90 Å². The maximum atomic E-state index is 11.0. The number of carbonyl (C=O) groups is 1. The molecule has 0 bridgehead atoms. The minimum Gasteiger partial charge on any atom is -0.480 e. The van der Waals surface area contributed by atoms with Gasteiger partial charge in [0, 0.05) is 13.1 Å². The molecule has 1 N–H and O–H groups in total. The van der Waals surface area contributed by atoms with Crippen molar-refractivity contribution < 1.29 is 14.6 Å². The molecule has 0 aliphatic carbocycles. The molecule has 0 spiro atoms. The third-order valence-electron chi connectivity index (χ3n) is 2.32. The van der Waals surface area contributed by atoms with Gasteiger partial charge in [0.05, 0.1) is 13.2 Å². The van der Waals surface area contributed by atoms with Crippen molar-refractivity contribution in [2.24, 2.45) is 5.92 Å². The molecule has 1 rings (SSSR count). The third-order valence-corrected chi connectivity index (χ3v) is 2.32. The summed E-state index contributed by atoms with van der Waals surface area (Å²) in [4.78, 5) is 12.9. The molecule has 4 heteroatoms. The highest BCUT2D eigenvalue weighted by atomic mass is 16.5. The zero-order chi connectivity index (χ0) is 9.84. The van der Waals surface area contributed by atoms with Crippen molar-refractivity contribution in [3.8, 4) is 0 Å². The van der Waals surface area contributed by atoms with E-state index < -0.39 is 5.97 Å². The minimum absolute atomic E-state index is 0.149. The summed E-state index contributed by atoms with van der Waals surface area (Å²) in [5.41, 5.74) is 0. The van der Waals surface area contributed by atoms with E-state index in [-0.39, 0.29) is 12.0 Å². The normalized spacial score (nSPS) is 21.8. The summed E-state index contributed by atoms with van der Waals surface area (Å²) >= 11 is 0. The van der Waals surface area contributed by atoms with E-state index in [1.165, 1.54) is 0 Å². The molecule has 1 atom stereocenters. The average molecular weight is 187 g/mol. The molecule has 0 aromatic heterocycles. The standard InChI is InChI=1S/C9H17NO3/c1-7(2)8(9(11)12)10-3-5-13-6-4-10/h7-8H,3-6H2,1-2H3,(H,11,12). The molecule has 1 saturated heterocycles. The van der Waals surface area contributed by atoms with Gasteiger partial charge in [-0.3, -0.25) is 9.69 Å². The Bertz CT molecular complexity index is 176. The topological polar surface area (TPSA) is 49.8 Å². The Morgan fingerprint density at radius 1 is 1.38 bits per heavy atom. The van der Waals surface area contributed by atoms with Crippen LogP contribution in [0.3, 0.4) is 0 Å². The predicted octanol–water partition coefficient (Wildman–Crippen LogP) is 0.428. The second kappa shape index (κ2) is 4.58. The third kappa shape index (κ3) is 2.67. The van der Waals surface area contributed by atoms with E-state index in [9.17, 15) is 4.79 Å². The lowest BCUT2D eigenvalue weighted by molar-refractivity contribution is -0.147. The van der Waals surface area contributed by atoms with Crippen LogP contribution < -0.4 is 0 Å². The highest BCUT2D eigenvalue weighted by Crippen LogP contribution is 2.12. The molecule has 4 nitrogen and oxygen atoms in total. The summed E-state index contributed by atoms with van der Waals surface area (Å²) in [6.45, 7) is 6.64. The number of aliphatic carboxylic acids is 1. The average Bonchev–Trinajstić information content (AvgIpc) is 2.04. The molecule has 0 radical (unpaired) electrons. The fraction of sp³-hybridized carbons (Fsp3) is 0.889. The first-order chi connectivity index (χ1) is 6.13. The van der Waals surface area contributed by atoms with Crippen LogP contribution in [0.4, 0.5) is 0 Å². The number of hydrogen-bond donors (Lipinski definition) is 1. The molecule has 1 fully saturated rings. The van der Waals surface area contributed by atoms with E-state index in [1.54, 1.807) is 0 Å². The first kappa shape index (κ1) is 10.5. The van der Waals surface area contributed by atoms with Gasteiger partial charge in [0.1, 0.15) is 6.04 Å². The number of carboxylic acids is 1. The Labute approximate surface area is 78.5 Å². The maximum absolute atomic E-state index is 11.0. The highest BCUT2D eigenvalue weighted by Gasteiger charge is 2.29. The summed E-state index contributed by atoms with van der Waals surface area (Å²) in [5.74, 6) is -0.576. The Kier molecular flexibility index (Phi) is 3.69. The van der Waals surface area contributed by atoms with Gasteiger partial charge in [-0.2, -0.15) is 0 Å². The monoisotopic (exact) mass is 187 g/mol. The zero-order valence-electron chi connectivity index (χ0n) is 8.19. The minimum atomic E-state index is -0.725. The summed E-state index contributed by atoms with van der Waals surface area (Å²) in [7, 11) is 0. The van der Waals surface area contributed by atoms with Crippen molar-refractivity contribution in [3.63, 3.8) is 0 Å². The van der Waals surface area contributed by atoms with Crippen molar-refractivity contribution in [2.75, 3.05) is 26.3 Å². The molecule has 13 heavy (non-hydrogen) atoms. The fourth-order valence-corrected chi connectivity index (χ4v) is 1.72. The molecule has 76 valence electrons. The van der Waals surface area contributed by atoms with E-state index in [2.05, 4.69) is 0 Å². The number of hydrogen-bond acceptors (Lipinski definition) is 3. The first-order valence-corrected chi connectivity index (χ1v) is 4.67. The van der Waals surface area contributed by atoms with Gasteiger partial charge in [-0.05, 0) is 5.92 Å². The van der Waals surface area contributed by atoms with E-state index >= 15 is 0 Å². The molecule has 0 aromatic rings. The number of ether oxygens (including phenoxy) is 1. The van der Waals surface area contributed by atoms with E-state index in [0.29, 0.717) is 13.2 Å². The van der Waals surface area contributed by atoms with Gasteiger partial charge in [0.15, 0.2) is 0 Å². The van der Waals surface area contributed by atoms with Gasteiger partial charge >= 0.3 is 5.97 Å². The van der Waals surface area contributed by atoms with Crippen molar-refractivity contribution in [3.05, 3.63) is 0 Å². The van der Waals surface area contributed by atoms with E-state index in [4.69, 9.17) is 9.84 Å². The smallest absolute Gasteiger partial charge is 0.321 e. The van der Waals surface area contributed by atoms with Crippen LogP contribution >= 0.6 is 0 Å². The van der Waals surface area contributed by atoms with Gasteiger partial charge in [-0.25, -0.2) is 0 Å². The van der Waals surface area contributed by atoms with Crippen LogP contribution in [0.15, 0.2) is 0 Å². The van der Waals surface area contributed by atoms with Crippen LogP contribution in [0.2, 0.25) is 0 Å². The van der Waals surface area contributed by atoms with E-state index in [1.807, 2.05) is 18.7 Å². The summed E-state index contributed by atoms with van der Waals surface area (Å²) in [6, 6.07) is -0.358. The van der Waals surface area contributed by atoms with Crippen LogP contribution in [0.5, 0.6) is 0 Å². The Balaban J connectivity index is 2.57. The summed E-state index contributed by atoms with van der Waals surface area (Å²) in [5, 5.41) is 9.01. The Hall–Kier alpha value is -0.610. The molecule has 1 aliphatic rings. The van der Waals surface area contributed by atoms with Crippen LogP contribution in [-0.2, 0) is 9.53 Å². The Morgan fingerprint density at radius 3 is 2.31 bits per heavy atom. The number of carboxylic acid groups (broad SMARTS) is 1. The lowest BCUT2D eigenvalue weighted by atomic mass is 10.0. The van der Waals surface area contributed by atoms with Crippen molar-refractivity contribution in [2.45, 2.75) is 19.9 Å². The fourth-order valence-electron chi connectivity index (χ4n) is 1.72. The molecule has 1 unspecified atom stereocenters. The molecular formula is C9H17NO3. The second-order valence-electron chi connectivity index (χ2n) is 3.68. The zero-order valence-corrected chi connectivity index (χ0v) is 8.19. The molecule has 0 aromatic carbocycles. The number of rotatable bonds is 3. The van der Waals surface area contributed by atoms with Gasteiger partial charge in [0.25, 0.3) is 0 Å². The predicted molar refractivity (Wildman–Crippen MR) is 48.7 cm³/mol. The van der Waals surface area contributed by atoms with Crippen LogP contribution in [-0.4, -0.2) is 48.3 Å². The van der Waals surface area contributed by atoms with Gasteiger partial charge in [-0.15, -0.1) is 0 Å². The SMILES string of the molecule is CC(C)C(C(=O)O)N1CCOCC1. The van der Waals surface area contributed by atoms with E-state index in [0.717, 1.165) is 13.1 Å². The van der Waals surface area contributed by atoms with Gasteiger partial charge in [-0.1, -0.05) is 13.8 Å². The number of morpholine rings is 1. The van der Waals surface area contributed by atoms with Crippen molar-refractivity contribution >= 4 is 5.97 Å². The lowest BCUT2D eigenvalue weighted by Crippen LogP contribution is -2.49. The lowest BCUT2D eigenvalue weighted by Gasteiger charge is -2.33.